The maximum absolute atomic E-state index is 6.86. The lowest BCUT2D eigenvalue weighted by atomic mass is 10.1. The molecule has 1 aliphatic heterocycles. The third-order valence-electron chi connectivity index (χ3n) is 11.0. The fraction of sp³-hybridized carbons (Fsp3) is 0. The first-order valence-corrected chi connectivity index (χ1v) is 19.3. The molecule has 12 rings (SSSR count). The summed E-state index contributed by atoms with van der Waals surface area (Å²) in [4.78, 5) is 17.2. The van der Waals surface area contributed by atoms with Crippen molar-refractivity contribution >= 4 is 60.8 Å². The predicted molar refractivity (Wildman–Crippen MR) is 233 cm³/mol. The maximum atomic E-state index is 6.86. The van der Waals surface area contributed by atoms with Gasteiger partial charge in [-0.05, 0) is 66.7 Å². The summed E-state index contributed by atoms with van der Waals surface area (Å²) in [5.41, 5.74) is 10.4. The van der Waals surface area contributed by atoms with Crippen molar-refractivity contribution in [2.45, 2.75) is 0 Å². The zero-order valence-corrected chi connectivity index (χ0v) is 31.0. The molecular weight excluding hydrogens is 715 g/mol. The normalized spacial score (nSPS) is 12.2. The van der Waals surface area contributed by atoms with Gasteiger partial charge in [0, 0.05) is 38.7 Å². The largest absolute Gasteiger partial charge is 0.455 e. The number of para-hydroxylation sites is 5. The molecule has 4 heterocycles. The van der Waals surface area contributed by atoms with Crippen LogP contribution in [-0.4, -0.2) is 19.5 Å². The Morgan fingerprint density at radius 2 is 1.09 bits per heavy atom. The minimum Gasteiger partial charge on any atom is -0.455 e. The van der Waals surface area contributed by atoms with E-state index >= 15 is 0 Å². The molecule has 0 aliphatic carbocycles. The van der Waals surface area contributed by atoms with Crippen molar-refractivity contribution in [3.63, 3.8) is 0 Å². The first kappa shape index (κ1) is 32.2. The zero-order valence-electron chi connectivity index (χ0n) is 31.0. The van der Waals surface area contributed by atoms with E-state index in [9.17, 15) is 0 Å². The third kappa shape index (κ3) is 4.97. The smallest absolute Gasteiger partial charge is 0.167 e. The van der Waals surface area contributed by atoms with Gasteiger partial charge < -0.3 is 18.6 Å². The number of furan rings is 1. The minimum atomic E-state index is 0.552. The standard InChI is InChI=1S/C51H31N5O2/c1-4-15-32(16-5-1)49-52-50(33-17-6-2-7-18-33)54-51(53-49)38-23-14-22-36-39-31-35(27-30-44(39)57-47(36)38)56-40-24-11-10-21-37(40)46-42(56)28-29-43-48(46)58-45-26-13-12-25-41(45)55(43)34-19-8-3-9-20-34/h1-31H. The highest BCUT2D eigenvalue weighted by Crippen LogP contribution is 2.54. The van der Waals surface area contributed by atoms with E-state index in [0.717, 1.165) is 94.7 Å². The Kier molecular flexibility index (Phi) is 7.09. The van der Waals surface area contributed by atoms with E-state index in [1.165, 1.54) is 0 Å². The lowest BCUT2D eigenvalue weighted by Crippen LogP contribution is -2.15. The van der Waals surface area contributed by atoms with Crippen LogP contribution in [-0.2, 0) is 0 Å². The molecule has 0 N–H and O–H groups in total. The quantitative estimate of drug-likeness (QED) is 0.175. The van der Waals surface area contributed by atoms with Crippen LogP contribution >= 0.6 is 0 Å². The van der Waals surface area contributed by atoms with Crippen LogP contribution in [0.2, 0.25) is 0 Å². The molecular formula is C51H31N5O2. The fourth-order valence-electron chi connectivity index (χ4n) is 8.43. The molecule has 11 aromatic rings. The van der Waals surface area contributed by atoms with E-state index in [2.05, 4.69) is 107 Å². The van der Waals surface area contributed by atoms with Crippen LogP contribution < -0.4 is 9.64 Å². The van der Waals surface area contributed by atoms with Gasteiger partial charge in [0.15, 0.2) is 29.0 Å². The monoisotopic (exact) mass is 745 g/mol. The van der Waals surface area contributed by atoms with Gasteiger partial charge in [0.25, 0.3) is 0 Å². The molecule has 0 atom stereocenters. The number of anilines is 3. The van der Waals surface area contributed by atoms with Gasteiger partial charge in [-0.15, -0.1) is 0 Å². The van der Waals surface area contributed by atoms with Crippen LogP contribution in [0.4, 0.5) is 17.1 Å². The molecule has 0 saturated carbocycles. The number of benzene rings is 8. The second-order valence-corrected chi connectivity index (χ2v) is 14.4. The number of hydrogen-bond donors (Lipinski definition) is 0. The average molecular weight is 746 g/mol. The molecule has 272 valence electrons. The molecule has 1 aliphatic rings. The second kappa shape index (κ2) is 12.8. The number of rotatable bonds is 5. The molecule has 0 fully saturated rings. The number of hydrogen-bond acceptors (Lipinski definition) is 6. The highest BCUT2D eigenvalue weighted by Gasteiger charge is 2.30. The summed E-state index contributed by atoms with van der Waals surface area (Å²) in [6, 6.07) is 64.3. The third-order valence-corrected chi connectivity index (χ3v) is 11.0. The fourth-order valence-corrected chi connectivity index (χ4v) is 8.43. The first-order chi connectivity index (χ1) is 28.8. The Bertz CT molecular complexity index is 3320. The maximum Gasteiger partial charge on any atom is 0.167 e. The molecule has 0 amide bonds. The van der Waals surface area contributed by atoms with Crippen molar-refractivity contribution < 1.29 is 9.15 Å². The van der Waals surface area contributed by atoms with Crippen LogP contribution in [0.25, 0.3) is 83.6 Å². The van der Waals surface area contributed by atoms with Crippen molar-refractivity contribution in [2.75, 3.05) is 4.90 Å². The summed E-state index contributed by atoms with van der Waals surface area (Å²) < 4.78 is 15.9. The van der Waals surface area contributed by atoms with Crippen molar-refractivity contribution in [1.82, 2.24) is 19.5 Å². The molecule has 0 unspecified atom stereocenters. The van der Waals surface area contributed by atoms with Crippen molar-refractivity contribution in [3.8, 4) is 51.3 Å². The topological polar surface area (TPSA) is 69.2 Å². The van der Waals surface area contributed by atoms with E-state index < -0.39 is 0 Å². The van der Waals surface area contributed by atoms with Gasteiger partial charge in [-0.25, -0.2) is 15.0 Å². The van der Waals surface area contributed by atoms with Gasteiger partial charge >= 0.3 is 0 Å². The highest BCUT2D eigenvalue weighted by molar-refractivity contribution is 6.16. The van der Waals surface area contributed by atoms with Crippen LogP contribution in [0.5, 0.6) is 11.5 Å². The lowest BCUT2D eigenvalue weighted by molar-refractivity contribution is 0.483. The number of fused-ring (bicyclic) bond motifs is 9. The van der Waals surface area contributed by atoms with E-state index in [4.69, 9.17) is 24.1 Å². The molecule has 0 radical (unpaired) electrons. The number of ether oxygens (including phenoxy) is 1. The predicted octanol–water partition coefficient (Wildman–Crippen LogP) is 13.4. The van der Waals surface area contributed by atoms with Crippen LogP contribution in [0.1, 0.15) is 0 Å². The van der Waals surface area contributed by atoms with Crippen molar-refractivity contribution in [2.24, 2.45) is 0 Å². The van der Waals surface area contributed by atoms with Gasteiger partial charge in [-0.2, -0.15) is 0 Å². The summed E-state index contributed by atoms with van der Waals surface area (Å²) in [7, 11) is 0. The van der Waals surface area contributed by atoms with Crippen molar-refractivity contribution in [3.05, 3.63) is 188 Å². The lowest BCUT2D eigenvalue weighted by Gasteiger charge is -2.33. The van der Waals surface area contributed by atoms with Crippen molar-refractivity contribution in [1.29, 1.82) is 0 Å². The SMILES string of the molecule is c1ccc(-c2nc(-c3ccccc3)nc(-c3cccc4c3oc3ccc(-n5c6ccccc6c6c7c(ccc65)N(c5ccccc5)c5ccccc5O7)cc34)n2)cc1. The zero-order chi connectivity index (χ0) is 38.2. The second-order valence-electron chi connectivity index (χ2n) is 14.4. The summed E-state index contributed by atoms with van der Waals surface area (Å²) in [5.74, 6) is 3.41. The van der Waals surface area contributed by atoms with E-state index in [-0.39, 0.29) is 0 Å². The minimum absolute atomic E-state index is 0.552. The summed E-state index contributed by atoms with van der Waals surface area (Å²) in [6.07, 6.45) is 0. The average Bonchev–Trinajstić information content (AvgIpc) is 3.85. The molecule has 8 aromatic carbocycles. The van der Waals surface area contributed by atoms with Gasteiger partial charge in [0.05, 0.1) is 33.4 Å². The van der Waals surface area contributed by atoms with E-state index in [0.29, 0.717) is 17.5 Å². The van der Waals surface area contributed by atoms with Gasteiger partial charge in [-0.1, -0.05) is 121 Å². The molecule has 7 heteroatoms. The van der Waals surface area contributed by atoms with Gasteiger partial charge in [0.2, 0.25) is 0 Å². The Morgan fingerprint density at radius 3 is 1.86 bits per heavy atom. The summed E-state index contributed by atoms with van der Waals surface area (Å²) in [6.45, 7) is 0. The number of nitrogens with zero attached hydrogens (tertiary/aromatic N) is 5. The molecule has 0 spiro atoms. The molecule has 0 bridgehead atoms. The Labute approximate surface area is 332 Å². The van der Waals surface area contributed by atoms with Gasteiger partial charge in [-0.3, -0.25) is 0 Å². The molecule has 7 nitrogen and oxygen atoms in total. The van der Waals surface area contributed by atoms with Gasteiger partial charge in [0.1, 0.15) is 11.2 Å². The Balaban J connectivity index is 1.04. The molecule has 0 saturated heterocycles. The van der Waals surface area contributed by atoms with E-state index in [1.807, 2.05) is 91.0 Å². The Morgan fingerprint density at radius 1 is 0.431 bits per heavy atom. The highest BCUT2D eigenvalue weighted by atomic mass is 16.5. The molecule has 58 heavy (non-hydrogen) atoms. The Hall–Kier alpha value is -8.03. The summed E-state index contributed by atoms with van der Waals surface area (Å²) in [5, 5.41) is 4.15. The molecule has 3 aromatic heterocycles. The summed E-state index contributed by atoms with van der Waals surface area (Å²) >= 11 is 0. The number of aromatic nitrogens is 4. The van der Waals surface area contributed by atoms with Crippen LogP contribution in [0, 0.1) is 0 Å². The first-order valence-electron chi connectivity index (χ1n) is 19.3. The van der Waals surface area contributed by atoms with Crippen LogP contribution in [0.3, 0.4) is 0 Å². The van der Waals surface area contributed by atoms with Crippen LogP contribution in [0.15, 0.2) is 192 Å². The van der Waals surface area contributed by atoms with E-state index in [1.54, 1.807) is 0 Å².